The van der Waals surface area contributed by atoms with Gasteiger partial charge in [-0.25, -0.2) is 0 Å². The van der Waals surface area contributed by atoms with E-state index in [1.165, 1.54) is 0 Å². The Kier molecular flexibility index (Phi) is 3.60. The Bertz CT molecular complexity index is 669. The van der Waals surface area contributed by atoms with Crippen LogP contribution >= 0.6 is 0 Å². The lowest BCUT2D eigenvalue weighted by Gasteiger charge is -2.23. The predicted octanol–water partition coefficient (Wildman–Crippen LogP) is 2.62. The first-order valence-corrected chi connectivity index (χ1v) is 7.49. The van der Waals surface area contributed by atoms with E-state index >= 15 is 0 Å². The van der Waals surface area contributed by atoms with Crippen LogP contribution in [-0.2, 0) is 10.4 Å². The van der Waals surface area contributed by atoms with Crippen molar-refractivity contribution in [3.63, 3.8) is 0 Å². The molecule has 0 bridgehead atoms. The van der Waals surface area contributed by atoms with E-state index in [2.05, 4.69) is 5.32 Å². The van der Waals surface area contributed by atoms with Gasteiger partial charge in [0, 0.05) is 17.4 Å². The lowest BCUT2D eigenvalue weighted by Crippen LogP contribution is -2.39. The molecule has 5 nitrogen and oxygen atoms in total. The maximum absolute atomic E-state index is 12.2. The largest absolute Gasteiger partial charge is 0.469 e. The Morgan fingerprint density at radius 2 is 2.27 bits per heavy atom. The maximum Gasteiger partial charge on any atom is 0.223 e. The molecule has 0 aliphatic heterocycles. The zero-order chi connectivity index (χ0) is 15.9. The Labute approximate surface area is 129 Å². The molecular formula is C17H21NO4. The Morgan fingerprint density at radius 3 is 2.86 bits per heavy atom. The molecule has 0 saturated heterocycles. The van der Waals surface area contributed by atoms with Gasteiger partial charge in [-0.2, -0.15) is 0 Å². The number of hydrogen-bond donors (Lipinski definition) is 2. The molecule has 118 valence electrons. The van der Waals surface area contributed by atoms with Crippen molar-refractivity contribution >= 4 is 5.91 Å². The molecule has 3 unspecified atom stereocenters. The average Bonchev–Trinajstić information content (AvgIpc) is 2.90. The van der Waals surface area contributed by atoms with Gasteiger partial charge in [0.05, 0.1) is 12.8 Å². The van der Waals surface area contributed by atoms with Crippen molar-refractivity contribution in [3.05, 3.63) is 47.3 Å². The van der Waals surface area contributed by atoms with Crippen molar-refractivity contribution in [2.24, 2.45) is 5.92 Å². The van der Waals surface area contributed by atoms with Crippen molar-refractivity contribution < 1.29 is 18.7 Å². The Hall–Kier alpha value is -2.01. The predicted molar refractivity (Wildman–Crippen MR) is 80.3 cm³/mol. The summed E-state index contributed by atoms with van der Waals surface area (Å²) in [4.78, 5) is 12.2. The third-order valence-electron chi connectivity index (χ3n) is 4.26. The summed E-state index contributed by atoms with van der Waals surface area (Å²) in [7, 11) is 0. The average molecular weight is 303 g/mol. The number of aryl methyl sites for hydroxylation is 2. The van der Waals surface area contributed by atoms with E-state index in [9.17, 15) is 9.90 Å². The summed E-state index contributed by atoms with van der Waals surface area (Å²) >= 11 is 0. The standard InChI is InChI=1S/C17H21NO4/c1-10-7-14(11(2)22-10)17(3,20)9-18-16(19)13-8-12(13)15-5-4-6-21-15/h4-7,12-13,20H,8-9H2,1-3H3,(H,18,19). The number of nitrogens with one attached hydrogen (secondary N) is 1. The molecule has 2 aromatic rings. The number of amides is 1. The van der Waals surface area contributed by atoms with Gasteiger partial charge in [-0.15, -0.1) is 0 Å². The van der Waals surface area contributed by atoms with Gasteiger partial charge in [-0.1, -0.05) is 0 Å². The van der Waals surface area contributed by atoms with Crippen molar-refractivity contribution in [1.29, 1.82) is 0 Å². The molecule has 1 fully saturated rings. The van der Waals surface area contributed by atoms with Gasteiger partial charge in [0.2, 0.25) is 5.91 Å². The summed E-state index contributed by atoms with van der Waals surface area (Å²) in [6, 6.07) is 5.54. The SMILES string of the molecule is Cc1cc(C(C)(O)CNC(=O)C2CC2c2ccco2)c(C)o1. The van der Waals surface area contributed by atoms with Gasteiger partial charge in [0.25, 0.3) is 0 Å². The van der Waals surface area contributed by atoms with Gasteiger partial charge in [0.15, 0.2) is 0 Å². The molecule has 0 spiro atoms. The van der Waals surface area contributed by atoms with Crippen molar-refractivity contribution in [2.45, 2.75) is 38.7 Å². The van der Waals surface area contributed by atoms with Gasteiger partial charge in [-0.05, 0) is 45.4 Å². The fourth-order valence-corrected chi connectivity index (χ4v) is 2.95. The van der Waals surface area contributed by atoms with Crippen LogP contribution in [0.25, 0.3) is 0 Å². The Morgan fingerprint density at radius 1 is 1.50 bits per heavy atom. The fraction of sp³-hybridized carbons (Fsp3) is 0.471. The van der Waals surface area contributed by atoms with Crippen LogP contribution < -0.4 is 5.32 Å². The molecule has 2 heterocycles. The zero-order valence-corrected chi connectivity index (χ0v) is 13.1. The summed E-state index contributed by atoms with van der Waals surface area (Å²) in [5.41, 5.74) is -0.435. The highest BCUT2D eigenvalue weighted by Crippen LogP contribution is 2.47. The summed E-state index contributed by atoms with van der Waals surface area (Å²) in [6.07, 6.45) is 2.42. The first kappa shape index (κ1) is 14.9. The zero-order valence-electron chi connectivity index (χ0n) is 13.1. The van der Waals surface area contributed by atoms with Crippen LogP contribution in [0.1, 0.15) is 42.1 Å². The number of carbonyl (C=O) groups excluding carboxylic acids is 1. The van der Waals surface area contributed by atoms with Crippen LogP contribution in [-0.4, -0.2) is 17.6 Å². The van der Waals surface area contributed by atoms with E-state index in [4.69, 9.17) is 8.83 Å². The van der Waals surface area contributed by atoms with Crippen LogP contribution in [0.2, 0.25) is 0 Å². The molecule has 3 rings (SSSR count). The van der Waals surface area contributed by atoms with Gasteiger partial charge in [-0.3, -0.25) is 4.79 Å². The molecule has 2 aromatic heterocycles. The second-order valence-corrected chi connectivity index (χ2v) is 6.28. The summed E-state index contributed by atoms with van der Waals surface area (Å²) in [6.45, 7) is 5.49. The van der Waals surface area contributed by atoms with Gasteiger partial charge >= 0.3 is 0 Å². The van der Waals surface area contributed by atoms with E-state index in [0.29, 0.717) is 11.3 Å². The number of aliphatic hydroxyl groups is 1. The number of rotatable bonds is 5. The Balaban J connectivity index is 1.58. The van der Waals surface area contributed by atoms with Crippen LogP contribution in [0.5, 0.6) is 0 Å². The summed E-state index contributed by atoms with van der Waals surface area (Å²) in [5, 5.41) is 13.4. The lowest BCUT2D eigenvalue weighted by molar-refractivity contribution is -0.123. The minimum atomic E-state index is -1.15. The highest BCUT2D eigenvalue weighted by Gasteiger charge is 2.46. The smallest absolute Gasteiger partial charge is 0.223 e. The van der Waals surface area contributed by atoms with E-state index in [1.807, 2.05) is 32.0 Å². The normalized spacial score (nSPS) is 23.1. The second-order valence-electron chi connectivity index (χ2n) is 6.28. The van der Waals surface area contributed by atoms with Crippen molar-refractivity contribution in [2.75, 3.05) is 6.54 Å². The molecule has 0 radical (unpaired) electrons. The second kappa shape index (κ2) is 5.32. The van der Waals surface area contributed by atoms with Crippen molar-refractivity contribution in [1.82, 2.24) is 5.32 Å². The molecule has 1 aliphatic carbocycles. The van der Waals surface area contributed by atoms with E-state index in [-0.39, 0.29) is 24.3 Å². The van der Waals surface area contributed by atoms with Crippen LogP contribution in [0, 0.1) is 19.8 Å². The third kappa shape index (κ3) is 2.81. The number of hydrogen-bond acceptors (Lipinski definition) is 4. The first-order chi connectivity index (χ1) is 10.4. The summed E-state index contributed by atoms with van der Waals surface area (Å²) < 4.78 is 10.8. The lowest BCUT2D eigenvalue weighted by atomic mass is 9.96. The number of carbonyl (C=O) groups is 1. The van der Waals surface area contributed by atoms with Crippen molar-refractivity contribution in [3.8, 4) is 0 Å². The van der Waals surface area contributed by atoms with E-state index in [1.54, 1.807) is 13.2 Å². The molecule has 3 atom stereocenters. The molecular weight excluding hydrogens is 282 g/mol. The van der Waals surface area contributed by atoms with Gasteiger partial charge in [0.1, 0.15) is 22.9 Å². The van der Waals surface area contributed by atoms with Crippen LogP contribution in [0.15, 0.2) is 33.3 Å². The molecule has 1 amide bonds. The highest BCUT2D eigenvalue weighted by molar-refractivity contribution is 5.82. The summed E-state index contributed by atoms with van der Waals surface area (Å²) in [5.74, 6) is 2.34. The maximum atomic E-state index is 12.2. The van der Waals surface area contributed by atoms with Crippen LogP contribution in [0.3, 0.4) is 0 Å². The van der Waals surface area contributed by atoms with E-state index in [0.717, 1.165) is 17.9 Å². The van der Waals surface area contributed by atoms with Crippen LogP contribution in [0.4, 0.5) is 0 Å². The highest BCUT2D eigenvalue weighted by atomic mass is 16.3. The topological polar surface area (TPSA) is 75.6 Å². The van der Waals surface area contributed by atoms with Gasteiger partial charge < -0.3 is 19.3 Å². The quantitative estimate of drug-likeness (QED) is 0.890. The first-order valence-electron chi connectivity index (χ1n) is 7.49. The monoisotopic (exact) mass is 303 g/mol. The minimum absolute atomic E-state index is 0.0421. The van der Waals surface area contributed by atoms with E-state index < -0.39 is 5.60 Å². The molecule has 2 N–H and O–H groups in total. The number of furan rings is 2. The molecule has 1 aliphatic rings. The molecule has 0 aromatic carbocycles. The minimum Gasteiger partial charge on any atom is -0.469 e. The fourth-order valence-electron chi connectivity index (χ4n) is 2.95. The third-order valence-corrected chi connectivity index (χ3v) is 4.26. The molecule has 22 heavy (non-hydrogen) atoms. The molecule has 1 saturated carbocycles. The molecule has 5 heteroatoms.